The molecule has 4 nitrogen and oxygen atoms in total. The molecule has 140 valence electrons. The van der Waals surface area contributed by atoms with Crippen LogP contribution in [0.3, 0.4) is 0 Å². The van der Waals surface area contributed by atoms with E-state index in [1.54, 1.807) is 39.8 Å². The van der Waals surface area contributed by atoms with Crippen LogP contribution in [0, 0.1) is 5.92 Å². The zero-order valence-corrected chi connectivity index (χ0v) is 15.4. The number of carbonyl (C=O) groups is 1. The number of carbonyl (C=O) groups excluding carboxylic acids is 1. The minimum Gasteiger partial charge on any atom is -0.444 e. The molecule has 1 aromatic carbocycles. The molecular weight excluding hydrogens is 326 g/mol. The van der Waals surface area contributed by atoms with E-state index in [2.05, 4.69) is 0 Å². The Kier molecular flexibility index (Phi) is 5.72. The lowest BCUT2D eigenvalue weighted by atomic mass is 9.85. The van der Waals surface area contributed by atoms with Crippen molar-refractivity contribution in [2.75, 3.05) is 13.1 Å². The minimum atomic E-state index is -2.94. The van der Waals surface area contributed by atoms with Gasteiger partial charge in [0.05, 0.1) is 0 Å². The maximum Gasteiger partial charge on any atom is 0.410 e. The molecule has 0 spiro atoms. The van der Waals surface area contributed by atoms with E-state index in [0.29, 0.717) is 5.56 Å². The first-order valence-electron chi connectivity index (χ1n) is 8.72. The van der Waals surface area contributed by atoms with Crippen LogP contribution in [0.4, 0.5) is 13.6 Å². The van der Waals surface area contributed by atoms with Gasteiger partial charge >= 0.3 is 6.09 Å². The highest BCUT2D eigenvalue weighted by molar-refractivity contribution is 5.68. The van der Waals surface area contributed by atoms with Crippen molar-refractivity contribution in [1.29, 1.82) is 0 Å². The summed E-state index contributed by atoms with van der Waals surface area (Å²) in [6.07, 6.45) is 0.0525. The third-order valence-corrected chi connectivity index (χ3v) is 4.46. The highest BCUT2D eigenvalue weighted by atomic mass is 19.3. The van der Waals surface area contributed by atoms with Gasteiger partial charge in [0.25, 0.3) is 5.92 Å². The van der Waals surface area contributed by atoms with Gasteiger partial charge in [-0.15, -0.1) is 0 Å². The number of alkyl halides is 2. The van der Waals surface area contributed by atoms with E-state index in [1.165, 1.54) is 17.0 Å². The molecule has 0 aliphatic carbocycles. The number of piperidine rings is 1. The standard InChI is InChI=1S/C19H28F2N2O2/c1-13(22)14-6-5-7-16(12-14)19(20,21)15-8-10-23(11-9-15)17(24)25-18(2,3)4/h5-7,12-13,15H,8-11,22H2,1-4H3/t13-/m1/s1. The Hall–Kier alpha value is -1.69. The van der Waals surface area contributed by atoms with E-state index < -0.39 is 23.5 Å². The van der Waals surface area contributed by atoms with Gasteiger partial charge in [-0.1, -0.05) is 18.2 Å². The largest absolute Gasteiger partial charge is 0.444 e. The third-order valence-electron chi connectivity index (χ3n) is 4.46. The van der Waals surface area contributed by atoms with Crippen LogP contribution in [0.15, 0.2) is 24.3 Å². The second-order valence-corrected chi connectivity index (χ2v) is 7.78. The Morgan fingerprint density at radius 3 is 2.40 bits per heavy atom. The van der Waals surface area contributed by atoms with Crippen LogP contribution in [0.1, 0.15) is 57.7 Å². The van der Waals surface area contributed by atoms with Gasteiger partial charge < -0.3 is 15.4 Å². The molecule has 1 aliphatic heterocycles. The summed E-state index contributed by atoms with van der Waals surface area (Å²) in [5, 5.41) is 0. The summed E-state index contributed by atoms with van der Waals surface area (Å²) in [6, 6.07) is 6.04. The van der Waals surface area contributed by atoms with Crippen LogP contribution in [-0.2, 0) is 10.7 Å². The number of rotatable bonds is 3. The van der Waals surface area contributed by atoms with Gasteiger partial charge in [-0.05, 0) is 52.2 Å². The molecule has 1 amide bonds. The second kappa shape index (κ2) is 7.28. The van der Waals surface area contributed by atoms with Crippen LogP contribution < -0.4 is 5.73 Å². The summed E-state index contributed by atoms with van der Waals surface area (Å²) in [7, 11) is 0. The summed E-state index contributed by atoms with van der Waals surface area (Å²) in [5.41, 5.74) is 5.91. The number of amides is 1. The van der Waals surface area contributed by atoms with Gasteiger partial charge in [0.1, 0.15) is 5.60 Å². The summed E-state index contributed by atoms with van der Waals surface area (Å²) in [6.45, 7) is 7.70. The summed E-state index contributed by atoms with van der Waals surface area (Å²) in [5.74, 6) is -3.74. The van der Waals surface area contributed by atoms with Gasteiger partial charge in [0.15, 0.2) is 0 Å². The Morgan fingerprint density at radius 2 is 1.88 bits per heavy atom. The molecule has 2 N–H and O–H groups in total. The molecule has 1 fully saturated rings. The van der Waals surface area contributed by atoms with Crippen LogP contribution in [-0.4, -0.2) is 29.7 Å². The van der Waals surface area contributed by atoms with Crippen molar-refractivity contribution in [2.24, 2.45) is 11.7 Å². The fraction of sp³-hybridized carbons (Fsp3) is 0.632. The van der Waals surface area contributed by atoms with E-state index in [4.69, 9.17) is 10.5 Å². The lowest BCUT2D eigenvalue weighted by Gasteiger charge is -2.36. The summed E-state index contributed by atoms with van der Waals surface area (Å²) < 4.78 is 35.1. The van der Waals surface area contributed by atoms with Crippen molar-refractivity contribution in [3.8, 4) is 0 Å². The fourth-order valence-electron chi connectivity index (χ4n) is 3.02. The summed E-state index contributed by atoms with van der Waals surface area (Å²) in [4.78, 5) is 13.6. The molecule has 0 radical (unpaired) electrons. The molecule has 6 heteroatoms. The number of hydrogen-bond donors (Lipinski definition) is 1. The maximum atomic E-state index is 14.9. The molecule has 25 heavy (non-hydrogen) atoms. The molecular formula is C19H28F2N2O2. The zero-order chi connectivity index (χ0) is 18.8. The quantitative estimate of drug-likeness (QED) is 0.873. The van der Waals surface area contributed by atoms with Gasteiger partial charge in [-0.25, -0.2) is 13.6 Å². The van der Waals surface area contributed by atoms with E-state index in [-0.39, 0.29) is 37.5 Å². The molecule has 0 unspecified atom stereocenters. The van der Waals surface area contributed by atoms with Crippen molar-refractivity contribution in [3.63, 3.8) is 0 Å². The Labute approximate surface area is 148 Å². The highest BCUT2D eigenvalue weighted by Crippen LogP contribution is 2.42. The monoisotopic (exact) mass is 354 g/mol. The van der Waals surface area contributed by atoms with Crippen LogP contribution in [0.5, 0.6) is 0 Å². The smallest absolute Gasteiger partial charge is 0.410 e. The van der Waals surface area contributed by atoms with E-state index in [9.17, 15) is 13.6 Å². The Bertz CT molecular complexity index is 604. The third kappa shape index (κ3) is 4.91. The molecule has 0 bridgehead atoms. The molecule has 1 atom stereocenters. The molecule has 0 saturated carbocycles. The SMILES string of the molecule is C[C@@H](N)c1cccc(C(F)(F)C2CCN(C(=O)OC(C)(C)C)CC2)c1. The predicted molar refractivity (Wildman–Crippen MR) is 93.5 cm³/mol. The average molecular weight is 354 g/mol. The fourth-order valence-corrected chi connectivity index (χ4v) is 3.02. The van der Waals surface area contributed by atoms with Crippen LogP contribution >= 0.6 is 0 Å². The normalized spacial score (nSPS) is 18.1. The topological polar surface area (TPSA) is 55.6 Å². The summed E-state index contributed by atoms with van der Waals surface area (Å²) >= 11 is 0. The molecule has 1 saturated heterocycles. The first-order chi connectivity index (χ1) is 11.5. The predicted octanol–water partition coefficient (Wildman–Crippen LogP) is 4.45. The number of likely N-dealkylation sites (tertiary alicyclic amines) is 1. The van der Waals surface area contributed by atoms with Gasteiger partial charge in [0, 0.05) is 30.6 Å². The van der Waals surface area contributed by atoms with Crippen molar-refractivity contribution in [2.45, 2.75) is 58.1 Å². The number of nitrogens with two attached hydrogens (primary N) is 1. The Morgan fingerprint density at radius 1 is 1.28 bits per heavy atom. The molecule has 0 aromatic heterocycles. The molecule has 1 aromatic rings. The van der Waals surface area contributed by atoms with Crippen molar-refractivity contribution >= 4 is 6.09 Å². The lowest BCUT2D eigenvalue weighted by Crippen LogP contribution is -2.44. The Balaban J connectivity index is 2.04. The number of nitrogens with zero attached hydrogens (tertiary/aromatic N) is 1. The van der Waals surface area contributed by atoms with E-state index >= 15 is 0 Å². The highest BCUT2D eigenvalue weighted by Gasteiger charge is 2.43. The van der Waals surface area contributed by atoms with Crippen molar-refractivity contribution < 1.29 is 18.3 Å². The number of ether oxygens (including phenoxy) is 1. The molecule has 2 rings (SSSR count). The van der Waals surface area contributed by atoms with Crippen LogP contribution in [0.2, 0.25) is 0 Å². The molecule has 1 aliphatic rings. The number of hydrogen-bond acceptors (Lipinski definition) is 3. The first kappa shape index (κ1) is 19.6. The minimum absolute atomic E-state index is 0.00184. The van der Waals surface area contributed by atoms with Crippen molar-refractivity contribution in [3.05, 3.63) is 35.4 Å². The first-order valence-corrected chi connectivity index (χ1v) is 8.72. The van der Waals surface area contributed by atoms with E-state index in [0.717, 1.165) is 0 Å². The van der Waals surface area contributed by atoms with Gasteiger partial charge in [-0.3, -0.25) is 0 Å². The number of halogens is 2. The van der Waals surface area contributed by atoms with Gasteiger partial charge in [0.2, 0.25) is 0 Å². The van der Waals surface area contributed by atoms with E-state index in [1.807, 2.05) is 0 Å². The maximum absolute atomic E-state index is 14.9. The van der Waals surface area contributed by atoms with Crippen molar-refractivity contribution in [1.82, 2.24) is 4.90 Å². The second-order valence-electron chi connectivity index (χ2n) is 7.78. The molecule has 1 heterocycles. The zero-order valence-electron chi connectivity index (χ0n) is 15.4. The van der Waals surface area contributed by atoms with Gasteiger partial charge in [-0.2, -0.15) is 0 Å². The average Bonchev–Trinajstić information content (AvgIpc) is 2.53. The number of benzene rings is 1. The lowest BCUT2D eigenvalue weighted by molar-refractivity contribution is -0.0861. The van der Waals surface area contributed by atoms with Crippen LogP contribution in [0.25, 0.3) is 0 Å².